The van der Waals surface area contributed by atoms with Crippen LogP contribution in [0, 0.1) is 25.0 Å². The summed E-state index contributed by atoms with van der Waals surface area (Å²) in [6.07, 6.45) is 8.36. The molecule has 3 aromatic heterocycles. The van der Waals surface area contributed by atoms with Gasteiger partial charge in [-0.25, -0.2) is 0 Å². The van der Waals surface area contributed by atoms with E-state index >= 15 is 0 Å². The predicted octanol–water partition coefficient (Wildman–Crippen LogP) is 0.507. The van der Waals surface area contributed by atoms with Gasteiger partial charge in [-0.15, -0.1) is 0 Å². The first-order valence-electron chi connectivity index (χ1n) is 6.15. The fourth-order valence-corrected chi connectivity index (χ4v) is 2.63. The molecule has 0 saturated carbocycles. The Balaban J connectivity index is 2.21. The average molecular weight is 466 g/mol. The number of hydrogen-bond donors (Lipinski definition) is 2. The van der Waals surface area contributed by atoms with Crippen LogP contribution < -0.4 is 8.99 Å². The van der Waals surface area contributed by atoms with Crippen molar-refractivity contribution >= 4 is 11.5 Å². The third kappa shape index (κ3) is 2.29. The van der Waals surface area contributed by atoms with Gasteiger partial charge >= 0.3 is 131 Å². The topological polar surface area (TPSA) is 86.1 Å². The minimum atomic E-state index is 0.573. The van der Waals surface area contributed by atoms with Gasteiger partial charge < -0.3 is 0 Å². The van der Waals surface area contributed by atoms with E-state index < -0.39 is 0 Å². The average Bonchev–Trinajstić information content (AvgIpc) is 3.04. The van der Waals surface area contributed by atoms with E-state index in [2.05, 4.69) is 18.3 Å². The van der Waals surface area contributed by atoms with Crippen molar-refractivity contribution in [3.8, 4) is 11.3 Å². The minimum absolute atomic E-state index is 0.573. The van der Waals surface area contributed by atoms with Crippen molar-refractivity contribution in [2.45, 2.75) is 6.42 Å². The third-order valence-corrected chi connectivity index (χ3v) is 3.73. The number of nitrogens with two attached hydrogens (primary N) is 1. The Bertz CT molecular complexity index is 745. The zero-order valence-corrected chi connectivity index (χ0v) is 13.9. The summed E-state index contributed by atoms with van der Waals surface area (Å²) >= 11 is 1.43. The van der Waals surface area contributed by atoms with Gasteiger partial charge in [-0.2, -0.15) is 0 Å². The van der Waals surface area contributed by atoms with E-state index in [4.69, 9.17) is 5.73 Å². The first kappa shape index (κ1) is 13.5. The second-order valence-electron chi connectivity index (χ2n) is 4.45. The molecule has 3 heterocycles. The van der Waals surface area contributed by atoms with Crippen molar-refractivity contribution in [1.82, 2.24) is 24.1 Å². The number of aryl methyl sites for hydroxylation is 1. The predicted molar refractivity (Wildman–Crippen MR) is 71.6 cm³/mol. The van der Waals surface area contributed by atoms with E-state index in [0.29, 0.717) is 6.54 Å². The quantitative estimate of drug-likeness (QED) is 0.586. The number of aromatic nitrogens is 5. The Morgan fingerprint density at radius 2 is 2.20 bits per heavy atom. The van der Waals surface area contributed by atoms with Crippen molar-refractivity contribution in [3.63, 3.8) is 0 Å². The van der Waals surface area contributed by atoms with Gasteiger partial charge in [0.05, 0.1) is 0 Å². The van der Waals surface area contributed by atoms with Crippen LogP contribution in [0.2, 0.25) is 0 Å². The third-order valence-electron chi connectivity index (χ3n) is 3.03. The summed E-state index contributed by atoms with van der Waals surface area (Å²) < 4.78 is 6.95. The molecule has 0 aromatic carbocycles. The van der Waals surface area contributed by atoms with Gasteiger partial charge in [-0.05, 0) is 0 Å². The Hall–Kier alpha value is -1.53. The number of rotatable bonds is 4. The van der Waals surface area contributed by atoms with Crippen LogP contribution in [0.3, 0.4) is 0 Å². The van der Waals surface area contributed by atoms with Gasteiger partial charge in [0.15, 0.2) is 0 Å². The molecule has 0 spiro atoms. The van der Waals surface area contributed by atoms with Crippen LogP contribution in [0.15, 0.2) is 24.8 Å². The summed E-state index contributed by atoms with van der Waals surface area (Å²) in [5.41, 5.74) is 9.41. The molecule has 0 unspecified atom stereocenters. The van der Waals surface area contributed by atoms with E-state index in [0.717, 1.165) is 34.8 Å². The second kappa shape index (κ2) is 5.46. The van der Waals surface area contributed by atoms with Crippen LogP contribution in [0.1, 0.15) is 5.69 Å². The van der Waals surface area contributed by atoms with Crippen LogP contribution in [-0.2, 0) is 13.5 Å². The van der Waals surface area contributed by atoms with E-state index in [1.165, 1.54) is 25.0 Å². The molecule has 0 radical (unpaired) electrons. The molecule has 0 aliphatic heterocycles. The summed E-state index contributed by atoms with van der Waals surface area (Å²) in [6, 6.07) is 0. The number of hydrogen-bond acceptors (Lipinski definition) is 5. The van der Waals surface area contributed by atoms with E-state index in [9.17, 15) is 0 Å². The summed E-state index contributed by atoms with van der Waals surface area (Å²) in [7, 11) is 1.90. The monoisotopic (exact) mass is 466 g/mol. The van der Waals surface area contributed by atoms with Crippen molar-refractivity contribution in [1.29, 1.82) is 0 Å². The number of imidazole rings is 1. The molecule has 104 valence electrons. The van der Waals surface area contributed by atoms with Gasteiger partial charge in [-0.1, -0.05) is 0 Å². The normalized spacial score (nSPS) is 11.2. The Labute approximate surface area is 131 Å². The summed E-state index contributed by atoms with van der Waals surface area (Å²) in [6.45, 7) is 0.573. The summed E-state index contributed by atoms with van der Waals surface area (Å²) in [5.74, 6) is 0.780. The fourth-order valence-electron chi connectivity index (χ4n) is 2.14. The zero-order chi connectivity index (χ0) is 14.1. The first-order chi connectivity index (χ1) is 9.72. The molecular weight excluding hydrogens is 452 g/mol. The molecular formula is C12H14AtN7. The van der Waals surface area contributed by atoms with E-state index in [1.54, 1.807) is 4.68 Å². The molecule has 3 aromatic rings. The molecule has 3 rings (SSSR count). The van der Waals surface area contributed by atoms with Crippen molar-refractivity contribution < 1.29 is 25.0 Å². The maximum absolute atomic E-state index is 5.63. The summed E-state index contributed by atoms with van der Waals surface area (Å²) in [4.78, 5) is 8.99. The standard InChI is InChI=1S/C12H14AtN7/c1-19-6-8(4-16-19)10-5-15-12-11(18-13)17-9(2-3-14)7-20(10)12/h4-7H,2-3,14H2,1H3,(H,17,18). The molecule has 0 bridgehead atoms. The van der Waals surface area contributed by atoms with Gasteiger partial charge in [0.2, 0.25) is 0 Å². The van der Waals surface area contributed by atoms with Crippen LogP contribution in [-0.4, -0.2) is 30.7 Å². The molecule has 0 fully saturated rings. The van der Waals surface area contributed by atoms with Crippen LogP contribution >= 0.6 is 0 Å². The van der Waals surface area contributed by atoms with Gasteiger partial charge in [-0.3, -0.25) is 0 Å². The Kier molecular flexibility index (Phi) is 3.67. The van der Waals surface area contributed by atoms with Crippen LogP contribution in [0.4, 0.5) is 5.82 Å². The second-order valence-corrected chi connectivity index (χ2v) is 5.19. The Morgan fingerprint density at radius 3 is 2.85 bits per heavy atom. The number of fused-ring (bicyclic) bond motifs is 1. The molecule has 0 atom stereocenters. The van der Waals surface area contributed by atoms with Gasteiger partial charge in [0.1, 0.15) is 0 Å². The molecule has 7 nitrogen and oxygen atoms in total. The van der Waals surface area contributed by atoms with Crippen LogP contribution in [0.5, 0.6) is 0 Å². The molecule has 0 aliphatic rings. The molecule has 8 heteroatoms. The van der Waals surface area contributed by atoms with Crippen molar-refractivity contribution in [2.75, 3.05) is 9.81 Å². The molecule has 20 heavy (non-hydrogen) atoms. The zero-order valence-electron chi connectivity index (χ0n) is 10.9. The number of anilines is 1. The molecule has 0 saturated heterocycles. The molecule has 0 amide bonds. The van der Waals surface area contributed by atoms with E-state index in [1.807, 2.05) is 36.2 Å². The van der Waals surface area contributed by atoms with Crippen molar-refractivity contribution in [2.24, 2.45) is 12.8 Å². The molecule has 0 aliphatic carbocycles. The van der Waals surface area contributed by atoms with E-state index in [-0.39, 0.29) is 0 Å². The fraction of sp³-hybridized carbons (Fsp3) is 0.250. The van der Waals surface area contributed by atoms with Gasteiger partial charge in [0.25, 0.3) is 0 Å². The maximum atomic E-state index is 5.63. The Morgan fingerprint density at radius 1 is 1.35 bits per heavy atom. The number of nitrogens with zero attached hydrogens (tertiary/aromatic N) is 5. The number of nitrogens with one attached hydrogen (secondary N) is 1. The summed E-state index contributed by atoms with van der Waals surface area (Å²) in [5, 5.41) is 4.21. The SMILES string of the molecule is Cn1cc(-c2cnc3c(N[At])nc(CCN)cn23)cn1. The molecule has 3 N–H and O–H groups in total. The first-order valence-corrected chi connectivity index (χ1v) is 7.62. The van der Waals surface area contributed by atoms with Gasteiger partial charge in [0, 0.05) is 0 Å². The van der Waals surface area contributed by atoms with Crippen molar-refractivity contribution in [3.05, 3.63) is 30.5 Å². The van der Waals surface area contributed by atoms with Crippen LogP contribution in [0.25, 0.3) is 16.9 Å².